The van der Waals surface area contributed by atoms with E-state index in [1.54, 1.807) is 0 Å². The third-order valence-corrected chi connectivity index (χ3v) is 3.89. The second kappa shape index (κ2) is 8.25. The van der Waals surface area contributed by atoms with Gasteiger partial charge in [-0.3, -0.25) is 4.90 Å². The number of rotatable bonds is 7. The normalized spacial score (nSPS) is 17.3. The van der Waals surface area contributed by atoms with Crippen LogP contribution in [-0.2, 0) is 6.54 Å². The molecular weight excluding hydrogens is 250 g/mol. The summed E-state index contributed by atoms with van der Waals surface area (Å²) >= 11 is 0. The Bertz CT molecular complexity index is 372. The van der Waals surface area contributed by atoms with Gasteiger partial charge in [0.1, 0.15) is 12.4 Å². The molecule has 1 aliphatic heterocycles. The quantitative estimate of drug-likeness (QED) is 0.816. The second-order valence-electron chi connectivity index (χ2n) is 5.30. The predicted octanol–water partition coefficient (Wildman–Crippen LogP) is 1.42. The molecule has 0 saturated carbocycles. The molecule has 0 aliphatic carbocycles. The lowest BCUT2D eigenvalue weighted by molar-refractivity contribution is 0.121. The number of hydrogen-bond acceptors (Lipinski definition) is 4. The molecule has 1 N–H and O–H groups in total. The van der Waals surface area contributed by atoms with E-state index in [2.05, 4.69) is 46.3 Å². The number of nitrogens with zero attached hydrogens (tertiary/aromatic N) is 2. The van der Waals surface area contributed by atoms with Gasteiger partial charge in [-0.05, 0) is 31.3 Å². The van der Waals surface area contributed by atoms with Crippen molar-refractivity contribution in [1.82, 2.24) is 15.1 Å². The van der Waals surface area contributed by atoms with Crippen molar-refractivity contribution in [3.05, 3.63) is 29.8 Å². The fourth-order valence-electron chi connectivity index (χ4n) is 2.53. The predicted molar refractivity (Wildman–Crippen MR) is 83.3 cm³/mol. The van der Waals surface area contributed by atoms with E-state index < -0.39 is 0 Å². The molecule has 0 amide bonds. The Labute approximate surface area is 122 Å². The average Bonchev–Trinajstić information content (AvgIpc) is 2.50. The van der Waals surface area contributed by atoms with Crippen molar-refractivity contribution in [3.63, 3.8) is 0 Å². The molecule has 0 spiro atoms. The third-order valence-electron chi connectivity index (χ3n) is 3.89. The van der Waals surface area contributed by atoms with Gasteiger partial charge in [0.15, 0.2) is 0 Å². The van der Waals surface area contributed by atoms with E-state index >= 15 is 0 Å². The first-order valence-electron chi connectivity index (χ1n) is 7.63. The number of hydrogen-bond donors (Lipinski definition) is 1. The Hall–Kier alpha value is -1.10. The minimum Gasteiger partial charge on any atom is -0.492 e. The summed E-state index contributed by atoms with van der Waals surface area (Å²) in [5, 5.41) is 3.15. The van der Waals surface area contributed by atoms with Gasteiger partial charge in [-0.1, -0.05) is 19.1 Å². The average molecular weight is 277 g/mol. The summed E-state index contributed by atoms with van der Waals surface area (Å²) < 4.78 is 5.82. The minimum absolute atomic E-state index is 0.775. The third kappa shape index (κ3) is 4.78. The number of nitrogens with one attached hydrogen (secondary N) is 1. The van der Waals surface area contributed by atoms with Crippen LogP contribution in [0, 0.1) is 0 Å². The molecule has 0 bridgehead atoms. The molecule has 112 valence electrons. The van der Waals surface area contributed by atoms with Gasteiger partial charge in [0.25, 0.3) is 0 Å². The highest BCUT2D eigenvalue weighted by Gasteiger charge is 2.14. The highest BCUT2D eigenvalue weighted by molar-refractivity contribution is 5.27. The van der Waals surface area contributed by atoms with Crippen molar-refractivity contribution in [2.75, 3.05) is 52.9 Å². The zero-order valence-corrected chi connectivity index (χ0v) is 12.8. The van der Waals surface area contributed by atoms with Gasteiger partial charge in [0, 0.05) is 39.3 Å². The summed E-state index contributed by atoms with van der Waals surface area (Å²) in [6, 6.07) is 8.35. The van der Waals surface area contributed by atoms with Crippen molar-refractivity contribution < 1.29 is 4.74 Å². The Morgan fingerprint density at radius 3 is 2.30 bits per heavy atom. The lowest BCUT2D eigenvalue weighted by Gasteiger charge is -2.33. The van der Waals surface area contributed by atoms with E-state index in [-0.39, 0.29) is 0 Å². The molecule has 0 atom stereocenters. The first-order valence-corrected chi connectivity index (χ1v) is 7.63. The minimum atomic E-state index is 0.775. The molecule has 0 aromatic heterocycles. The van der Waals surface area contributed by atoms with Crippen LogP contribution in [0.4, 0.5) is 0 Å². The van der Waals surface area contributed by atoms with E-state index in [1.165, 1.54) is 25.2 Å². The fourth-order valence-corrected chi connectivity index (χ4v) is 2.53. The zero-order valence-electron chi connectivity index (χ0n) is 12.8. The topological polar surface area (TPSA) is 27.7 Å². The van der Waals surface area contributed by atoms with Crippen molar-refractivity contribution in [2.45, 2.75) is 13.5 Å². The van der Waals surface area contributed by atoms with E-state index in [9.17, 15) is 0 Å². The molecule has 1 saturated heterocycles. The van der Waals surface area contributed by atoms with E-state index in [1.807, 2.05) is 7.05 Å². The number of benzene rings is 1. The number of piperazine rings is 1. The molecule has 1 aromatic carbocycles. The Kier molecular flexibility index (Phi) is 6.30. The summed E-state index contributed by atoms with van der Waals surface area (Å²) in [7, 11) is 1.96. The van der Waals surface area contributed by atoms with Gasteiger partial charge < -0.3 is 15.0 Å². The molecule has 4 heteroatoms. The van der Waals surface area contributed by atoms with Crippen LogP contribution in [0.2, 0.25) is 0 Å². The van der Waals surface area contributed by atoms with Crippen LogP contribution in [0.25, 0.3) is 0 Å². The first kappa shape index (κ1) is 15.3. The van der Waals surface area contributed by atoms with Crippen molar-refractivity contribution >= 4 is 0 Å². The van der Waals surface area contributed by atoms with Crippen LogP contribution >= 0.6 is 0 Å². The Morgan fingerprint density at radius 2 is 1.70 bits per heavy atom. The maximum atomic E-state index is 5.82. The summed E-state index contributed by atoms with van der Waals surface area (Å²) in [6.45, 7) is 10.8. The zero-order chi connectivity index (χ0) is 14.2. The SMILES string of the molecule is CCN1CCN(CCOc2ccc(CNC)cc2)CC1. The standard InChI is InChI=1S/C16H27N3O/c1-3-18-8-10-19(11-9-18)12-13-20-16-6-4-15(5-7-16)14-17-2/h4-7,17H,3,8-14H2,1-2H3. The molecule has 1 heterocycles. The summed E-state index contributed by atoms with van der Waals surface area (Å²) in [5.74, 6) is 0.969. The van der Waals surface area contributed by atoms with E-state index in [0.717, 1.165) is 38.5 Å². The van der Waals surface area contributed by atoms with Crippen LogP contribution in [0.15, 0.2) is 24.3 Å². The molecule has 1 aromatic rings. The first-order chi connectivity index (χ1) is 9.81. The van der Waals surface area contributed by atoms with E-state index in [4.69, 9.17) is 4.74 Å². The van der Waals surface area contributed by atoms with Gasteiger partial charge in [-0.2, -0.15) is 0 Å². The van der Waals surface area contributed by atoms with Crippen molar-refractivity contribution in [3.8, 4) is 5.75 Å². The van der Waals surface area contributed by atoms with Crippen LogP contribution in [0.5, 0.6) is 5.75 Å². The summed E-state index contributed by atoms with van der Waals surface area (Å²) in [5.41, 5.74) is 1.29. The van der Waals surface area contributed by atoms with Crippen LogP contribution in [0.3, 0.4) is 0 Å². The van der Waals surface area contributed by atoms with Crippen LogP contribution < -0.4 is 10.1 Å². The monoisotopic (exact) mass is 277 g/mol. The molecule has 0 unspecified atom stereocenters. The maximum Gasteiger partial charge on any atom is 0.119 e. The summed E-state index contributed by atoms with van der Waals surface area (Å²) in [4.78, 5) is 4.99. The lowest BCUT2D eigenvalue weighted by atomic mass is 10.2. The molecule has 1 fully saturated rings. The second-order valence-corrected chi connectivity index (χ2v) is 5.30. The van der Waals surface area contributed by atoms with Gasteiger partial charge in [-0.15, -0.1) is 0 Å². The summed E-state index contributed by atoms with van der Waals surface area (Å²) in [6.07, 6.45) is 0. The fraction of sp³-hybridized carbons (Fsp3) is 0.625. The van der Waals surface area contributed by atoms with Gasteiger partial charge >= 0.3 is 0 Å². The van der Waals surface area contributed by atoms with Crippen molar-refractivity contribution in [2.24, 2.45) is 0 Å². The van der Waals surface area contributed by atoms with Crippen molar-refractivity contribution in [1.29, 1.82) is 0 Å². The molecule has 1 aliphatic rings. The Morgan fingerprint density at radius 1 is 1.05 bits per heavy atom. The Balaban J connectivity index is 1.65. The van der Waals surface area contributed by atoms with Crippen LogP contribution in [0.1, 0.15) is 12.5 Å². The number of ether oxygens (including phenoxy) is 1. The van der Waals surface area contributed by atoms with E-state index in [0.29, 0.717) is 0 Å². The molecule has 0 radical (unpaired) electrons. The molecular formula is C16H27N3O. The van der Waals surface area contributed by atoms with Gasteiger partial charge in [0.05, 0.1) is 0 Å². The smallest absolute Gasteiger partial charge is 0.119 e. The molecule has 2 rings (SSSR count). The molecule has 20 heavy (non-hydrogen) atoms. The molecule has 4 nitrogen and oxygen atoms in total. The largest absolute Gasteiger partial charge is 0.492 e. The van der Waals surface area contributed by atoms with Gasteiger partial charge in [-0.25, -0.2) is 0 Å². The lowest BCUT2D eigenvalue weighted by Crippen LogP contribution is -2.47. The highest BCUT2D eigenvalue weighted by atomic mass is 16.5. The maximum absolute atomic E-state index is 5.82. The number of likely N-dealkylation sites (N-methyl/N-ethyl adjacent to an activating group) is 1. The van der Waals surface area contributed by atoms with Gasteiger partial charge in [0.2, 0.25) is 0 Å². The highest BCUT2D eigenvalue weighted by Crippen LogP contribution is 2.12. The van der Waals surface area contributed by atoms with Crippen LogP contribution in [-0.4, -0.2) is 62.7 Å².